The molecule has 0 amide bonds. The number of nitrogens with zero attached hydrogens (tertiary/aromatic N) is 3. The molecule has 0 fully saturated rings. The third-order valence-electron chi connectivity index (χ3n) is 2.40. The summed E-state index contributed by atoms with van der Waals surface area (Å²) in [7, 11) is 1.71. The summed E-state index contributed by atoms with van der Waals surface area (Å²) >= 11 is 0. The number of aromatic nitrogens is 2. The molecular formula is C12H10FN3O2. The molecular weight excluding hydrogens is 237 g/mol. The van der Waals surface area contributed by atoms with Gasteiger partial charge >= 0.3 is 5.97 Å². The minimum absolute atomic E-state index is 0.0197. The third-order valence-corrected chi connectivity index (χ3v) is 2.40. The first-order valence-electron chi connectivity index (χ1n) is 5.12. The van der Waals surface area contributed by atoms with E-state index < -0.39 is 5.97 Å². The van der Waals surface area contributed by atoms with Crippen LogP contribution in [0.3, 0.4) is 0 Å². The van der Waals surface area contributed by atoms with Crippen LogP contribution in [0, 0.1) is 5.82 Å². The lowest BCUT2D eigenvalue weighted by atomic mass is 10.3. The van der Waals surface area contributed by atoms with Gasteiger partial charge in [-0.3, -0.25) is 0 Å². The molecule has 0 saturated carbocycles. The Morgan fingerprint density at radius 2 is 1.78 bits per heavy atom. The Labute approximate surface area is 103 Å². The predicted molar refractivity (Wildman–Crippen MR) is 63.5 cm³/mol. The zero-order valence-corrected chi connectivity index (χ0v) is 9.54. The quantitative estimate of drug-likeness (QED) is 0.899. The van der Waals surface area contributed by atoms with E-state index in [1.165, 1.54) is 24.5 Å². The average molecular weight is 247 g/mol. The Kier molecular flexibility index (Phi) is 3.18. The SMILES string of the molecule is CN(c1ccc(F)cc1)c1ncc(C(=O)O)cn1. The third kappa shape index (κ3) is 2.42. The first kappa shape index (κ1) is 12.0. The highest BCUT2D eigenvalue weighted by atomic mass is 19.1. The monoisotopic (exact) mass is 247 g/mol. The zero-order valence-electron chi connectivity index (χ0n) is 9.54. The molecule has 1 aromatic carbocycles. The molecule has 18 heavy (non-hydrogen) atoms. The molecule has 1 heterocycles. The highest BCUT2D eigenvalue weighted by Gasteiger charge is 2.09. The van der Waals surface area contributed by atoms with Crippen LogP contribution >= 0.6 is 0 Å². The van der Waals surface area contributed by atoms with Gasteiger partial charge in [0.05, 0.1) is 5.56 Å². The number of anilines is 2. The normalized spacial score (nSPS) is 10.1. The molecule has 2 rings (SSSR count). The molecule has 0 radical (unpaired) electrons. The maximum Gasteiger partial charge on any atom is 0.338 e. The Balaban J connectivity index is 2.25. The fourth-order valence-corrected chi connectivity index (χ4v) is 1.39. The average Bonchev–Trinajstić information content (AvgIpc) is 2.39. The van der Waals surface area contributed by atoms with Gasteiger partial charge in [0.15, 0.2) is 0 Å². The maximum absolute atomic E-state index is 12.8. The first-order chi connectivity index (χ1) is 8.58. The van der Waals surface area contributed by atoms with Crippen molar-refractivity contribution in [2.24, 2.45) is 0 Å². The lowest BCUT2D eigenvalue weighted by Gasteiger charge is -2.16. The standard InChI is InChI=1S/C12H10FN3O2/c1-16(10-4-2-9(13)3-5-10)12-14-6-8(7-15-12)11(17)18/h2-7H,1H3,(H,17,18). The van der Waals surface area contributed by atoms with E-state index in [0.717, 1.165) is 0 Å². The molecule has 0 aliphatic carbocycles. The number of carboxylic acids is 1. The van der Waals surface area contributed by atoms with E-state index in [1.54, 1.807) is 24.1 Å². The molecule has 0 spiro atoms. The largest absolute Gasteiger partial charge is 0.478 e. The van der Waals surface area contributed by atoms with Crippen molar-refractivity contribution in [3.05, 3.63) is 48.0 Å². The number of hydrogen-bond acceptors (Lipinski definition) is 4. The molecule has 92 valence electrons. The van der Waals surface area contributed by atoms with Crippen molar-refractivity contribution < 1.29 is 14.3 Å². The number of hydrogen-bond donors (Lipinski definition) is 1. The topological polar surface area (TPSA) is 66.3 Å². The smallest absolute Gasteiger partial charge is 0.338 e. The zero-order chi connectivity index (χ0) is 13.1. The summed E-state index contributed by atoms with van der Waals surface area (Å²) in [5, 5.41) is 8.73. The Bertz CT molecular complexity index is 555. The van der Waals surface area contributed by atoms with Gasteiger partial charge in [-0.25, -0.2) is 19.2 Å². The minimum Gasteiger partial charge on any atom is -0.478 e. The summed E-state index contributed by atoms with van der Waals surface area (Å²) in [6, 6.07) is 5.84. The van der Waals surface area contributed by atoms with Crippen LogP contribution in [-0.4, -0.2) is 28.1 Å². The molecule has 0 aliphatic heterocycles. The van der Waals surface area contributed by atoms with E-state index in [9.17, 15) is 9.18 Å². The fraction of sp³-hybridized carbons (Fsp3) is 0.0833. The van der Waals surface area contributed by atoms with Crippen LogP contribution in [0.4, 0.5) is 16.0 Å². The molecule has 0 bridgehead atoms. The number of rotatable bonds is 3. The van der Waals surface area contributed by atoms with Gasteiger partial charge in [0.2, 0.25) is 5.95 Å². The van der Waals surface area contributed by atoms with Gasteiger partial charge in [-0.15, -0.1) is 0 Å². The number of aromatic carboxylic acids is 1. The highest BCUT2D eigenvalue weighted by molar-refractivity contribution is 5.86. The summed E-state index contributed by atoms with van der Waals surface area (Å²) in [5.41, 5.74) is 0.728. The Hall–Kier alpha value is -2.50. The molecule has 6 heteroatoms. The lowest BCUT2D eigenvalue weighted by molar-refractivity contribution is 0.0696. The van der Waals surface area contributed by atoms with E-state index in [2.05, 4.69) is 9.97 Å². The highest BCUT2D eigenvalue weighted by Crippen LogP contribution is 2.19. The van der Waals surface area contributed by atoms with Crippen LogP contribution in [0.1, 0.15) is 10.4 Å². The van der Waals surface area contributed by atoms with Gasteiger partial charge in [0, 0.05) is 25.1 Å². The fourth-order valence-electron chi connectivity index (χ4n) is 1.39. The Morgan fingerprint density at radius 1 is 1.22 bits per heavy atom. The summed E-state index contributed by atoms with van der Waals surface area (Å²) in [6.07, 6.45) is 2.45. The van der Waals surface area contributed by atoms with Gasteiger partial charge < -0.3 is 10.0 Å². The van der Waals surface area contributed by atoms with Crippen molar-refractivity contribution in [2.75, 3.05) is 11.9 Å². The van der Waals surface area contributed by atoms with Crippen LogP contribution in [0.5, 0.6) is 0 Å². The van der Waals surface area contributed by atoms with Crippen molar-refractivity contribution in [1.29, 1.82) is 0 Å². The number of halogens is 1. The molecule has 1 N–H and O–H groups in total. The van der Waals surface area contributed by atoms with Crippen LogP contribution in [-0.2, 0) is 0 Å². The van der Waals surface area contributed by atoms with Crippen molar-refractivity contribution >= 4 is 17.6 Å². The van der Waals surface area contributed by atoms with Gasteiger partial charge in [0.25, 0.3) is 0 Å². The first-order valence-corrected chi connectivity index (χ1v) is 5.12. The molecule has 0 saturated heterocycles. The Morgan fingerprint density at radius 3 is 2.28 bits per heavy atom. The van der Waals surface area contributed by atoms with Crippen LogP contribution in [0.25, 0.3) is 0 Å². The second-order valence-corrected chi connectivity index (χ2v) is 3.61. The van der Waals surface area contributed by atoms with E-state index in [0.29, 0.717) is 11.6 Å². The van der Waals surface area contributed by atoms with Gasteiger partial charge in [0.1, 0.15) is 5.82 Å². The number of carboxylic acid groups (broad SMARTS) is 1. The van der Waals surface area contributed by atoms with Crippen molar-refractivity contribution in [3.63, 3.8) is 0 Å². The maximum atomic E-state index is 12.8. The van der Waals surface area contributed by atoms with E-state index >= 15 is 0 Å². The van der Waals surface area contributed by atoms with Gasteiger partial charge in [-0.2, -0.15) is 0 Å². The minimum atomic E-state index is -1.08. The van der Waals surface area contributed by atoms with Crippen molar-refractivity contribution in [2.45, 2.75) is 0 Å². The number of benzene rings is 1. The van der Waals surface area contributed by atoms with Crippen molar-refractivity contribution in [3.8, 4) is 0 Å². The second-order valence-electron chi connectivity index (χ2n) is 3.61. The molecule has 1 aromatic heterocycles. The molecule has 2 aromatic rings. The second kappa shape index (κ2) is 4.79. The molecule has 0 aliphatic rings. The van der Waals surface area contributed by atoms with Gasteiger partial charge in [-0.1, -0.05) is 0 Å². The summed E-state index contributed by atoms with van der Waals surface area (Å²) < 4.78 is 12.8. The molecule has 0 unspecified atom stereocenters. The van der Waals surface area contributed by atoms with Crippen LogP contribution < -0.4 is 4.90 Å². The summed E-state index contributed by atoms with van der Waals surface area (Å²) in [4.78, 5) is 20.2. The van der Waals surface area contributed by atoms with Crippen LogP contribution in [0.15, 0.2) is 36.7 Å². The molecule has 5 nitrogen and oxygen atoms in total. The van der Waals surface area contributed by atoms with E-state index in [4.69, 9.17) is 5.11 Å². The van der Waals surface area contributed by atoms with Crippen molar-refractivity contribution in [1.82, 2.24) is 9.97 Å². The van der Waals surface area contributed by atoms with E-state index in [-0.39, 0.29) is 11.4 Å². The molecule has 0 atom stereocenters. The predicted octanol–water partition coefficient (Wildman–Crippen LogP) is 2.08. The number of carbonyl (C=O) groups is 1. The van der Waals surface area contributed by atoms with Gasteiger partial charge in [-0.05, 0) is 24.3 Å². The van der Waals surface area contributed by atoms with E-state index in [1.807, 2.05) is 0 Å². The summed E-state index contributed by atoms with van der Waals surface area (Å²) in [5.74, 6) is -1.06. The van der Waals surface area contributed by atoms with Crippen LogP contribution in [0.2, 0.25) is 0 Å². The summed E-state index contributed by atoms with van der Waals surface area (Å²) in [6.45, 7) is 0. The lowest BCUT2D eigenvalue weighted by Crippen LogP contribution is -2.13.